The Bertz CT molecular complexity index is 692. The number of hydrogen-bond acceptors (Lipinski definition) is 3. The monoisotopic (exact) mass is 270 g/mol. The van der Waals surface area contributed by atoms with Gasteiger partial charge in [0.25, 0.3) is 5.78 Å². The zero-order chi connectivity index (χ0) is 13.4. The van der Waals surface area contributed by atoms with Crippen molar-refractivity contribution in [3.05, 3.63) is 59.2 Å². The van der Waals surface area contributed by atoms with Gasteiger partial charge >= 0.3 is 5.97 Å². The van der Waals surface area contributed by atoms with Gasteiger partial charge in [0.05, 0.1) is 0 Å². The van der Waals surface area contributed by atoms with Crippen molar-refractivity contribution in [1.82, 2.24) is 0 Å². The van der Waals surface area contributed by atoms with E-state index < -0.39 is 11.8 Å². The predicted octanol–water partition coefficient (Wildman–Crippen LogP) is 3.01. The number of carboxylic acid groups (broad SMARTS) is 1. The second-order valence-corrected chi connectivity index (χ2v) is 5.39. The molecule has 0 saturated heterocycles. The highest BCUT2D eigenvalue weighted by molar-refractivity contribution is 7.99. The summed E-state index contributed by atoms with van der Waals surface area (Å²) >= 11 is 1.58. The summed E-state index contributed by atoms with van der Waals surface area (Å²) in [6, 6.07) is 13.2. The molecular formula is C15H10O3S. The topological polar surface area (TPSA) is 54.4 Å². The van der Waals surface area contributed by atoms with Crippen molar-refractivity contribution in [2.45, 2.75) is 16.2 Å². The van der Waals surface area contributed by atoms with E-state index in [1.165, 1.54) is 0 Å². The molecule has 3 nitrogen and oxygen atoms in total. The minimum atomic E-state index is -1.41. The molecule has 4 heteroatoms. The highest BCUT2D eigenvalue weighted by Gasteiger charge is 2.24. The summed E-state index contributed by atoms with van der Waals surface area (Å²) in [5, 5.41) is 8.88. The van der Waals surface area contributed by atoms with Gasteiger partial charge in [-0.05, 0) is 23.3 Å². The molecule has 1 aliphatic heterocycles. The van der Waals surface area contributed by atoms with E-state index in [9.17, 15) is 9.59 Å². The van der Waals surface area contributed by atoms with Gasteiger partial charge in [0, 0.05) is 21.8 Å². The average molecular weight is 270 g/mol. The SMILES string of the molecule is O=C(O)C(=O)c1cccc2c1Cc1ccccc1S2. The minimum Gasteiger partial charge on any atom is -0.475 e. The van der Waals surface area contributed by atoms with Crippen LogP contribution in [0.4, 0.5) is 0 Å². The molecule has 2 aromatic rings. The molecule has 2 aromatic carbocycles. The summed E-state index contributed by atoms with van der Waals surface area (Å²) in [4.78, 5) is 24.7. The Kier molecular flexibility index (Phi) is 2.87. The molecule has 0 fully saturated rings. The number of fused-ring (bicyclic) bond motifs is 2. The van der Waals surface area contributed by atoms with Crippen molar-refractivity contribution in [3.8, 4) is 0 Å². The second-order valence-electron chi connectivity index (χ2n) is 4.30. The maximum atomic E-state index is 11.7. The quantitative estimate of drug-likeness (QED) is 0.574. The normalized spacial score (nSPS) is 12.4. The maximum absolute atomic E-state index is 11.7. The molecule has 0 bridgehead atoms. The molecule has 3 rings (SSSR count). The lowest BCUT2D eigenvalue weighted by Gasteiger charge is -2.20. The number of rotatable bonds is 2. The van der Waals surface area contributed by atoms with Gasteiger partial charge in [0.2, 0.25) is 0 Å². The molecule has 94 valence electrons. The number of carbonyl (C=O) groups excluding carboxylic acids is 1. The van der Waals surface area contributed by atoms with Crippen LogP contribution in [0.1, 0.15) is 21.5 Å². The van der Waals surface area contributed by atoms with Crippen molar-refractivity contribution in [2.24, 2.45) is 0 Å². The predicted molar refractivity (Wildman–Crippen MR) is 71.8 cm³/mol. The summed E-state index contributed by atoms with van der Waals surface area (Å²) in [6.07, 6.45) is 0.605. The zero-order valence-electron chi connectivity index (χ0n) is 9.92. The molecule has 0 aromatic heterocycles. The van der Waals surface area contributed by atoms with Crippen molar-refractivity contribution in [2.75, 3.05) is 0 Å². The molecule has 0 unspecified atom stereocenters. The first-order valence-electron chi connectivity index (χ1n) is 5.82. The molecule has 0 amide bonds. The van der Waals surface area contributed by atoms with E-state index in [0.29, 0.717) is 12.0 Å². The summed E-state index contributed by atoms with van der Waals surface area (Å²) in [7, 11) is 0. The molecule has 1 aliphatic rings. The Balaban J connectivity index is 2.11. The van der Waals surface area contributed by atoms with Gasteiger partial charge < -0.3 is 5.11 Å². The van der Waals surface area contributed by atoms with Crippen LogP contribution in [0.25, 0.3) is 0 Å². The van der Waals surface area contributed by atoms with Gasteiger partial charge in [-0.25, -0.2) is 4.79 Å². The summed E-state index contributed by atoms with van der Waals surface area (Å²) in [6.45, 7) is 0. The zero-order valence-corrected chi connectivity index (χ0v) is 10.7. The number of benzene rings is 2. The minimum absolute atomic E-state index is 0.298. The second kappa shape index (κ2) is 4.55. The number of carboxylic acids is 1. The third-order valence-corrected chi connectivity index (χ3v) is 4.35. The van der Waals surface area contributed by atoms with Gasteiger partial charge in [-0.2, -0.15) is 0 Å². The lowest BCUT2D eigenvalue weighted by molar-refractivity contribution is -0.131. The molecule has 19 heavy (non-hydrogen) atoms. The number of aliphatic carboxylic acids is 1. The molecule has 0 atom stereocenters. The van der Waals surface area contributed by atoms with Crippen molar-refractivity contribution >= 4 is 23.5 Å². The third kappa shape index (κ3) is 2.04. The molecule has 0 spiro atoms. The van der Waals surface area contributed by atoms with E-state index >= 15 is 0 Å². The molecule has 0 aliphatic carbocycles. The maximum Gasteiger partial charge on any atom is 0.377 e. The van der Waals surface area contributed by atoms with Gasteiger partial charge in [-0.15, -0.1) is 0 Å². The van der Waals surface area contributed by atoms with Crippen molar-refractivity contribution in [1.29, 1.82) is 0 Å². The standard InChI is InChI=1S/C15H10O3S/c16-14(15(17)18)10-5-3-7-13-11(10)8-9-4-1-2-6-12(9)19-13/h1-7H,8H2,(H,17,18). The van der Waals surface area contributed by atoms with E-state index in [2.05, 4.69) is 0 Å². The molecule has 1 heterocycles. The Morgan fingerprint density at radius 3 is 2.53 bits per heavy atom. The van der Waals surface area contributed by atoms with E-state index in [4.69, 9.17) is 5.11 Å². The Labute approximate surface area is 114 Å². The number of hydrogen-bond donors (Lipinski definition) is 1. The molecule has 0 saturated carbocycles. The van der Waals surface area contributed by atoms with Crippen LogP contribution in [0.3, 0.4) is 0 Å². The van der Waals surface area contributed by atoms with Crippen LogP contribution >= 0.6 is 11.8 Å². The number of Topliss-reactive ketones (excluding diaryl/α,β-unsaturated/α-hetero) is 1. The fourth-order valence-corrected chi connectivity index (χ4v) is 3.34. The summed E-state index contributed by atoms with van der Waals surface area (Å²) < 4.78 is 0. The van der Waals surface area contributed by atoms with E-state index in [1.54, 1.807) is 23.9 Å². The highest BCUT2D eigenvalue weighted by Crippen LogP contribution is 2.40. The largest absolute Gasteiger partial charge is 0.475 e. The van der Waals surface area contributed by atoms with Gasteiger partial charge in [-0.3, -0.25) is 4.79 Å². The first kappa shape index (κ1) is 12.0. The Hall–Kier alpha value is -2.07. The van der Waals surface area contributed by atoms with Gasteiger partial charge in [0.15, 0.2) is 0 Å². The van der Waals surface area contributed by atoms with Crippen LogP contribution in [-0.4, -0.2) is 16.9 Å². The molecule has 1 N–H and O–H groups in total. The third-order valence-electron chi connectivity index (χ3n) is 3.13. The van der Waals surface area contributed by atoms with Crippen LogP contribution in [0.5, 0.6) is 0 Å². The van der Waals surface area contributed by atoms with Crippen LogP contribution in [-0.2, 0) is 11.2 Å². The summed E-state index contributed by atoms with van der Waals surface area (Å²) in [5.74, 6) is -2.24. The molecule has 0 radical (unpaired) electrons. The molecular weight excluding hydrogens is 260 g/mol. The Morgan fingerprint density at radius 2 is 1.74 bits per heavy atom. The average Bonchev–Trinajstić information content (AvgIpc) is 2.43. The fourth-order valence-electron chi connectivity index (χ4n) is 2.23. The summed E-state index contributed by atoms with van der Waals surface area (Å²) in [5.41, 5.74) is 2.25. The van der Waals surface area contributed by atoms with Crippen LogP contribution < -0.4 is 0 Å². The van der Waals surface area contributed by atoms with E-state index in [-0.39, 0.29) is 0 Å². The Morgan fingerprint density at radius 1 is 1.00 bits per heavy atom. The van der Waals surface area contributed by atoms with Gasteiger partial charge in [0.1, 0.15) is 0 Å². The van der Waals surface area contributed by atoms with Crippen molar-refractivity contribution in [3.63, 3.8) is 0 Å². The highest BCUT2D eigenvalue weighted by atomic mass is 32.2. The van der Waals surface area contributed by atoms with Crippen LogP contribution in [0.2, 0.25) is 0 Å². The lowest BCUT2D eigenvalue weighted by Crippen LogP contribution is -2.16. The smallest absolute Gasteiger partial charge is 0.377 e. The van der Waals surface area contributed by atoms with E-state index in [1.807, 2.05) is 30.3 Å². The van der Waals surface area contributed by atoms with Crippen molar-refractivity contribution < 1.29 is 14.7 Å². The van der Waals surface area contributed by atoms with Crippen LogP contribution in [0.15, 0.2) is 52.3 Å². The number of carbonyl (C=O) groups is 2. The first-order chi connectivity index (χ1) is 9.16. The number of ketones is 1. The lowest BCUT2D eigenvalue weighted by atomic mass is 9.96. The van der Waals surface area contributed by atoms with E-state index in [0.717, 1.165) is 20.9 Å². The van der Waals surface area contributed by atoms with Crippen LogP contribution in [0, 0.1) is 0 Å². The van der Waals surface area contributed by atoms with Gasteiger partial charge in [-0.1, -0.05) is 42.1 Å². The first-order valence-corrected chi connectivity index (χ1v) is 6.64. The fraction of sp³-hybridized carbons (Fsp3) is 0.0667.